The van der Waals surface area contributed by atoms with Crippen molar-refractivity contribution < 1.29 is 0 Å². The van der Waals surface area contributed by atoms with E-state index in [1.54, 1.807) is 27.2 Å². The van der Waals surface area contributed by atoms with Crippen LogP contribution in [0.3, 0.4) is 0 Å². The van der Waals surface area contributed by atoms with E-state index in [4.69, 9.17) is 0 Å². The highest BCUT2D eigenvalue weighted by Gasteiger charge is 2.28. The summed E-state index contributed by atoms with van der Waals surface area (Å²) in [5.74, 6) is 0.690. The highest BCUT2D eigenvalue weighted by atomic mass is 32.1. The molecule has 1 fully saturated rings. The minimum absolute atomic E-state index is 0.690. The molecule has 0 amide bonds. The van der Waals surface area contributed by atoms with Crippen LogP contribution in [-0.2, 0) is 6.42 Å². The molecule has 24 heavy (non-hydrogen) atoms. The summed E-state index contributed by atoms with van der Waals surface area (Å²) < 4.78 is 0. The molecule has 126 valence electrons. The number of hydrogen-bond donors (Lipinski definition) is 0. The molecule has 1 nitrogen and oxygen atoms in total. The molecule has 0 radical (unpaired) electrons. The van der Waals surface area contributed by atoms with Gasteiger partial charge in [-0.1, -0.05) is 43.2 Å². The number of benzene rings is 1. The predicted octanol–water partition coefficient (Wildman–Crippen LogP) is 5.72. The Kier molecular flexibility index (Phi) is 4.60. The first kappa shape index (κ1) is 16.1. The second-order valence-electron chi connectivity index (χ2n) is 7.33. The van der Waals surface area contributed by atoms with Crippen LogP contribution < -0.4 is 0 Å². The van der Waals surface area contributed by atoms with E-state index < -0.39 is 0 Å². The summed E-state index contributed by atoms with van der Waals surface area (Å²) in [4.78, 5) is 4.09. The number of thiophene rings is 1. The molecular formula is C22H27NS. The van der Waals surface area contributed by atoms with Crippen molar-refractivity contribution in [1.82, 2.24) is 4.90 Å². The molecule has 1 aliphatic heterocycles. The van der Waals surface area contributed by atoms with Crippen molar-refractivity contribution in [3.63, 3.8) is 0 Å². The molecule has 1 unspecified atom stereocenters. The number of hydrogen-bond acceptors (Lipinski definition) is 2. The fourth-order valence-electron chi connectivity index (χ4n) is 4.39. The summed E-state index contributed by atoms with van der Waals surface area (Å²) >= 11 is 1.98. The number of rotatable bonds is 2. The summed E-state index contributed by atoms with van der Waals surface area (Å²) in [6.45, 7) is 4.71. The minimum Gasteiger partial charge on any atom is -0.306 e. The van der Waals surface area contributed by atoms with Crippen LogP contribution in [0.5, 0.6) is 0 Å². The molecule has 1 aliphatic carbocycles. The maximum absolute atomic E-state index is 2.46. The van der Waals surface area contributed by atoms with Crippen molar-refractivity contribution >= 4 is 16.9 Å². The van der Waals surface area contributed by atoms with Gasteiger partial charge in [-0.25, -0.2) is 0 Å². The van der Waals surface area contributed by atoms with E-state index in [1.807, 2.05) is 11.3 Å². The van der Waals surface area contributed by atoms with Gasteiger partial charge in [0.15, 0.2) is 0 Å². The molecule has 1 atom stereocenters. The van der Waals surface area contributed by atoms with Crippen LogP contribution in [0.25, 0.3) is 5.57 Å². The van der Waals surface area contributed by atoms with E-state index in [0.717, 1.165) is 0 Å². The molecule has 2 aromatic rings. The molecule has 1 saturated heterocycles. The largest absolute Gasteiger partial charge is 0.306 e. The second kappa shape index (κ2) is 6.85. The third kappa shape index (κ3) is 2.87. The first-order chi connectivity index (χ1) is 11.8. The van der Waals surface area contributed by atoms with Gasteiger partial charge in [0, 0.05) is 18.0 Å². The van der Waals surface area contributed by atoms with E-state index in [9.17, 15) is 0 Å². The maximum atomic E-state index is 2.46. The molecule has 2 heterocycles. The fraction of sp³-hybridized carbons (Fsp3) is 0.455. The Morgan fingerprint density at radius 1 is 1.08 bits per heavy atom. The van der Waals surface area contributed by atoms with Gasteiger partial charge in [-0.2, -0.15) is 0 Å². The monoisotopic (exact) mass is 337 g/mol. The molecule has 2 aliphatic rings. The molecule has 0 N–H and O–H groups in total. The Labute approximate surface area is 150 Å². The van der Waals surface area contributed by atoms with Crippen molar-refractivity contribution in [3.05, 3.63) is 62.9 Å². The van der Waals surface area contributed by atoms with Gasteiger partial charge < -0.3 is 4.90 Å². The summed E-state index contributed by atoms with van der Waals surface area (Å²) in [5.41, 5.74) is 7.87. The zero-order valence-corrected chi connectivity index (χ0v) is 15.7. The molecule has 1 aromatic carbocycles. The van der Waals surface area contributed by atoms with Crippen LogP contribution in [0.15, 0.2) is 41.3 Å². The molecule has 0 saturated carbocycles. The molecule has 4 rings (SSSR count). The van der Waals surface area contributed by atoms with Crippen molar-refractivity contribution in [1.29, 1.82) is 0 Å². The maximum Gasteiger partial charge on any atom is 0.0158 e. The standard InChI is InChI=1S/C22H27NS/c1-3-6-18-15-17-7-4-5-8-19(17)21(20-11-14-24-22(18)20)16-9-12-23(2)13-10-16/h4-5,7-8,11,14,18H,3,6,9-10,12-13,15H2,1-2H3. The molecular weight excluding hydrogens is 310 g/mol. The Hall–Kier alpha value is -1.38. The Morgan fingerprint density at radius 3 is 2.67 bits per heavy atom. The predicted molar refractivity (Wildman–Crippen MR) is 105 cm³/mol. The number of fused-ring (bicyclic) bond motifs is 2. The zero-order valence-electron chi connectivity index (χ0n) is 14.8. The van der Waals surface area contributed by atoms with Crippen molar-refractivity contribution in [2.45, 2.75) is 44.9 Å². The average Bonchev–Trinajstić information content (AvgIpc) is 3.03. The Morgan fingerprint density at radius 2 is 1.88 bits per heavy atom. The highest BCUT2D eigenvalue weighted by molar-refractivity contribution is 7.10. The molecule has 2 heteroatoms. The van der Waals surface area contributed by atoms with E-state index in [1.165, 1.54) is 50.8 Å². The number of likely N-dealkylation sites (tertiary alicyclic amines) is 1. The van der Waals surface area contributed by atoms with Gasteiger partial charge >= 0.3 is 0 Å². The van der Waals surface area contributed by atoms with Gasteiger partial charge in [-0.15, -0.1) is 11.3 Å². The third-order valence-electron chi connectivity index (χ3n) is 5.67. The molecule has 0 bridgehead atoms. The molecule has 0 spiro atoms. The third-order valence-corrected chi connectivity index (χ3v) is 6.75. The fourth-order valence-corrected chi connectivity index (χ4v) is 5.43. The number of piperidine rings is 1. The van der Waals surface area contributed by atoms with Gasteiger partial charge in [-0.3, -0.25) is 0 Å². The average molecular weight is 338 g/mol. The van der Waals surface area contributed by atoms with E-state index in [0.29, 0.717) is 5.92 Å². The van der Waals surface area contributed by atoms with Gasteiger partial charge in [0.05, 0.1) is 0 Å². The van der Waals surface area contributed by atoms with Crippen molar-refractivity contribution in [2.75, 3.05) is 20.1 Å². The lowest BCUT2D eigenvalue weighted by molar-refractivity contribution is 0.313. The number of nitrogens with zero attached hydrogens (tertiary/aromatic N) is 1. The first-order valence-electron chi connectivity index (χ1n) is 9.34. The lowest BCUT2D eigenvalue weighted by Gasteiger charge is -2.27. The quantitative estimate of drug-likeness (QED) is 0.678. The van der Waals surface area contributed by atoms with Crippen LogP contribution in [-0.4, -0.2) is 25.0 Å². The van der Waals surface area contributed by atoms with E-state index in [2.05, 4.69) is 54.6 Å². The highest BCUT2D eigenvalue weighted by Crippen LogP contribution is 2.45. The van der Waals surface area contributed by atoms with Crippen molar-refractivity contribution in [3.8, 4) is 0 Å². The van der Waals surface area contributed by atoms with Gasteiger partial charge in [-0.05, 0) is 72.4 Å². The Bertz CT molecular complexity index is 745. The SMILES string of the molecule is CCCC1Cc2ccccc2C(=C2CCN(C)CC2)c2ccsc21. The van der Waals surface area contributed by atoms with Crippen LogP contribution in [0.1, 0.15) is 60.1 Å². The van der Waals surface area contributed by atoms with Gasteiger partial charge in [0.1, 0.15) is 0 Å². The smallest absolute Gasteiger partial charge is 0.0158 e. The summed E-state index contributed by atoms with van der Waals surface area (Å²) in [6.07, 6.45) is 6.20. The van der Waals surface area contributed by atoms with Crippen LogP contribution in [0.4, 0.5) is 0 Å². The van der Waals surface area contributed by atoms with Gasteiger partial charge in [0.25, 0.3) is 0 Å². The Balaban J connectivity index is 1.90. The topological polar surface area (TPSA) is 3.24 Å². The van der Waals surface area contributed by atoms with Crippen LogP contribution in [0, 0.1) is 0 Å². The lowest BCUT2D eigenvalue weighted by atomic mass is 9.88. The summed E-state index contributed by atoms with van der Waals surface area (Å²) in [5, 5.41) is 2.32. The normalized spacial score (nSPS) is 21.3. The minimum atomic E-state index is 0.690. The summed E-state index contributed by atoms with van der Waals surface area (Å²) in [6, 6.07) is 11.6. The molecule has 1 aromatic heterocycles. The lowest BCUT2D eigenvalue weighted by Crippen LogP contribution is -2.27. The first-order valence-corrected chi connectivity index (χ1v) is 10.2. The van der Waals surface area contributed by atoms with E-state index >= 15 is 0 Å². The van der Waals surface area contributed by atoms with Crippen LogP contribution in [0.2, 0.25) is 0 Å². The van der Waals surface area contributed by atoms with E-state index in [-0.39, 0.29) is 0 Å². The summed E-state index contributed by atoms with van der Waals surface area (Å²) in [7, 11) is 2.25. The second-order valence-corrected chi connectivity index (χ2v) is 8.27. The zero-order chi connectivity index (χ0) is 16.5. The van der Waals surface area contributed by atoms with Gasteiger partial charge in [0.2, 0.25) is 0 Å². The van der Waals surface area contributed by atoms with Crippen molar-refractivity contribution in [2.24, 2.45) is 0 Å². The van der Waals surface area contributed by atoms with Crippen LogP contribution >= 0.6 is 11.3 Å².